The number of piperidine rings is 1. The molecular weight excluding hydrogens is 448 g/mol. The van der Waals surface area contributed by atoms with E-state index >= 15 is 0 Å². The van der Waals surface area contributed by atoms with Crippen LogP contribution in [0.5, 0.6) is 0 Å². The number of hydrogen-bond acceptors (Lipinski definition) is 4. The van der Waals surface area contributed by atoms with Crippen molar-refractivity contribution < 1.29 is 27.5 Å². The molecule has 1 aromatic carbocycles. The number of alkyl halides is 3. The molecule has 150 valence electrons. The first-order chi connectivity index (χ1) is 13.1. The van der Waals surface area contributed by atoms with Gasteiger partial charge < -0.3 is 20.6 Å². The summed E-state index contributed by atoms with van der Waals surface area (Å²) >= 11 is 2.78. The number of halogens is 5. The van der Waals surface area contributed by atoms with Crippen molar-refractivity contribution in [2.24, 2.45) is 4.99 Å². The van der Waals surface area contributed by atoms with Gasteiger partial charge in [0.05, 0.1) is 17.3 Å². The maximum absolute atomic E-state index is 14.2. The zero-order valence-corrected chi connectivity index (χ0v) is 15.8. The number of benzene rings is 1. The molecule has 4 rings (SSSR count). The van der Waals surface area contributed by atoms with Crippen molar-refractivity contribution in [2.45, 2.75) is 43.9 Å². The zero-order valence-electron chi connectivity index (χ0n) is 14.2. The van der Waals surface area contributed by atoms with Crippen molar-refractivity contribution in [1.29, 1.82) is 0 Å². The molecule has 2 saturated heterocycles. The monoisotopic (exact) mass is 462 g/mol. The van der Waals surface area contributed by atoms with Crippen molar-refractivity contribution in [2.75, 3.05) is 5.32 Å². The van der Waals surface area contributed by atoms with E-state index in [4.69, 9.17) is 0 Å². The lowest BCUT2D eigenvalue weighted by Gasteiger charge is -2.38. The van der Waals surface area contributed by atoms with E-state index in [2.05, 4.69) is 31.6 Å². The normalized spacial score (nSPS) is 26.2. The average Bonchev–Trinajstić information content (AvgIpc) is 2.92. The Labute approximate surface area is 165 Å². The largest absolute Gasteiger partial charge is 0.417 e. The molecule has 3 atom stereocenters. The van der Waals surface area contributed by atoms with Gasteiger partial charge in [-0.3, -0.25) is 0 Å². The molecule has 0 aliphatic carbocycles. The quantitative estimate of drug-likeness (QED) is 0.558. The third kappa shape index (κ3) is 3.26. The lowest BCUT2D eigenvalue weighted by molar-refractivity contribution is -0.138. The Morgan fingerprint density at radius 1 is 1.36 bits per heavy atom. The SMILES string of the molecule is O=C(Nc1cc(Br)c(C(F)(F)F)cc1F)N1[C@H]2CC[C@@H]1C1=CNC(O)N=C1C2. The number of aliphatic hydroxyl groups excluding tert-OH is 1. The fourth-order valence-corrected chi connectivity index (χ4v) is 4.49. The summed E-state index contributed by atoms with van der Waals surface area (Å²) in [7, 11) is 0. The average molecular weight is 463 g/mol. The molecular formula is C17H15BrF4N4O2. The third-order valence-electron chi connectivity index (χ3n) is 5.13. The van der Waals surface area contributed by atoms with Gasteiger partial charge in [0.15, 0.2) is 0 Å². The van der Waals surface area contributed by atoms with E-state index in [-0.39, 0.29) is 22.2 Å². The van der Waals surface area contributed by atoms with Gasteiger partial charge in [-0.15, -0.1) is 0 Å². The van der Waals surface area contributed by atoms with Gasteiger partial charge in [-0.1, -0.05) is 15.9 Å². The van der Waals surface area contributed by atoms with Crippen LogP contribution in [0.3, 0.4) is 0 Å². The molecule has 0 radical (unpaired) electrons. The first-order valence-electron chi connectivity index (χ1n) is 8.52. The Balaban J connectivity index is 1.57. The number of nitrogens with one attached hydrogen (secondary N) is 2. The number of carbonyl (C=O) groups is 1. The highest BCUT2D eigenvalue weighted by atomic mass is 79.9. The highest BCUT2D eigenvalue weighted by Gasteiger charge is 2.46. The maximum Gasteiger partial charge on any atom is 0.417 e. The lowest BCUT2D eigenvalue weighted by atomic mass is 9.94. The number of carbonyl (C=O) groups excluding carboxylic acids is 1. The van der Waals surface area contributed by atoms with E-state index in [0.717, 1.165) is 17.4 Å². The van der Waals surface area contributed by atoms with Crippen LogP contribution in [0.1, 0.15) is 24.8 Å². The number of aliphatic hydroxyl groups is 1. The van der Waals surface area contributed by atoms with Gasteiger partial charge in [0.25, 0.3) is 0 Å². The molecule has 0 spiro atoms. The minimum absolute atomic E-state index is 0.174. The number of rotatable bonds is 1. The van der Waals surface area contributed by atoms with Gasteiger partial charge in [-0.25, -0.2) is 14.2 Å². The summed E-state index contributed by atoms with van der Waals surface area (Å²) in [5.41, 5.74) is 0.0170. The van der Waals surface area contributed by atoms with Crippen molar-refractivity contribution in [3.63, 3.8) is 0 Å². The number of fused-ring (bicyclic) bond motifs is 4. The molecule has 3 aliphatic rings. The highest BCUT2D eigenvalue weighted by molar-refractivity contribution is 9.10. The van der Waals surface area contributed by atoms with Crippen molar-refractivity contribution in [1.82, 2.24) is 10.2 Å². The second-order valence-electron chi connectivity index (χ2n) is 6.81. The van der Waals surface area contributed by atoms with Crippen LogP contribution in [0.2, 0.25) is 0 Å². The summed E-state index contributed by atoms with van der Waals surface area (Å²) in [4.78, 5) is 18.5. The van der Waals surface area contributed by atoms with Gasteiger partial charge in [0, 0.05) is 34.4 Å². The second kappa shape index (κ2) is 6.73. The van der Waals surface area contributed by atoms with Gasteiger partial charge in [-0.2, -0.15) is 13.2 Å². The van der Waals surface area contributed by atoms with Crippen LogP contribution in [0.4, 0.5) is 28.0 Å². The molecule has 0 saturated carbocycles. The smallest absolute Gasteiger partial charge is 0.355 e. The molecule has 11 heteroatoms. The minimum atomic E-state index is -4.71. The number of urea groups is 1. The number of nitrogens with zero attached hydrogens (tertiary/aromatic N) is 2. The number of hydrogen-bond donors (Lipinski definition) is 3. The van der Waals surface area contributed by atoms with Crippen LogP contribution in [-0.2, 0) is 6.18 Å². The van der Waals surface area contributed by atoms with E-state index in [1.165, 1.54) is 0 Å². The third-order valence-corrected chi connectivity index (χ3v) is 5.78. The molecule has 2 fully saturated rings. The van der Waals surface area contributed by atoms with Gasteiger partial charge in [0.1, 0.15) is 5.82 Å². The summed E-state index contributed by atoms with van der Waals surface area (Å²) in [6.45, 7) is 0. The van der Waals surface area contributed by atoms with Crippen LogP contribution >= 0.6 is 15.9 Å². The highest BCUT2D eigenvalue weighted by Crippen LogP contribution is 2.40. The van der Waals surface area contributed by atoms with Crippen LogP contribution in [0, 0.1) is 5.82 Å². The fraction of sp³-hybridized carbons (Fsp3) is 0.412. The van der Waals surface area contributed by atoms with E-state index in [0.29, 0.717) is 25.3 Å². The van der Waals surface area contributed by atoms with Crippen LogP contribution < -0.4 is 10.6 Å². The van der Waals surface area contributed by atoms with E-state index in [9.17, 15) is 27.5 Å². The number of aliphatic imine (C=N–C) groups is 1. The predicted octanol–water partition coefficient (Wildman–Crippen LogP) is 3.58. The summed E-state index contributed by atoms with van der Waals surface area (Å²) in [5.74, 6) is -1.17. The Morgan fingerprint density at radius 3 is 2.82 bits per heavy atom. The predicted molar refractivity (Wildman–Crippen MR) is 96.0 cm³/mol. The van der Waals surface area contributed by atoms with Gasteiger partial charge >= 0.3 is 12.2 Å². The van der Waals surface area contributed by atoms with Gasteiger partial charge in [-0.05, 0) is 25.0 Å². The number of amides is 2. The second-order valence-corrected chi connectivity index (χ2v) is 7.67. The summed E-state index contributed by atoms with van der Waals surface area (Å²) in [6.07, 6.45) is -2.27. The molecule has 2 amide bonds. The van der Waals surface area contributed by atoms with Gasteiger partial charge in [0.2, 0.25) is 6.35 Å². The Morgan fingerprint density at radius 2 is 2.11 bits per heavy atom. The molecule has 6 nitrogen and oxygen atoms in total. The first kappa shape index (κ1) is 19.2. The summed E-state index contributed by atoms with van der Waals surface area (Å²) < 4.78 is 52.5. The maximum atomic E-state index is 14.2. The van der Waals surface area contributed by atoms with Crippen LogP contribution in [-0.4, -0.2) is 40.2 Å². The molecule has 1 aromatic rings. The molecule has 0 aromatic heterocycles. The zero-order chi connectivity index (χ0) is 20.2. The Bertz CT molecular complexity index is 902. The molecule has 3 heterocycles. The molecule has 28 heavy (non-hydrogen) atoms. The topological polar surface area (TPSA) is 77.0 Å². The Hall–Kier alpha value is -2.14. The fourth-order valence-electron chi connectivity index (χ4n) is 3.92. The summed E-state index contributed by atoms with van der Waals surface area (Å²) in [5, 5.41) is 14.7. The molecule has 3 N–H and O–H groups in total. The minimum Gasteiger partial charge on any atom is -0.355 e. The van der Waals surface area contributed by atoms with Crippen molar-refractivity contribution >= 4 is 33.4 Å². The van der Waals surface area contributed by atoms with Crippen molar-refractivity contribution in [3.8, 4) is 0 Å². The first-order valence-corrected chi connectivity index (χ1v) is 9.31. The van der Waals surface area contributed by atoms with E-state index < -0.39 is 29.9 Å². The van der Waals surface area contributed by atoms with E-state index in [1.54, 1.807) is 11.1 Å². The summed E-state index contributed by atoms with van der Waals surface area (Å²) in [6, 6.07) is 0.200. The van der Waals surface area contributed by atoms with Crippen LogP contribution in [0.15, 0.2) is 33.4 Å². The van der Waals surface area contributed by atoms with Crippen LogP contribution in [0.25, 0.3) is 0 Å². The van der Waals surface area contributed by atoms with E-state index in [1.807, 2.05) is 0 Å². The van der Waals surface area contributed by atoms with Crippen molar-refractivity contribution in [3.05, 3.63) is 39.8 Å². The molecule has 3 aliphatic heterocycles. The Kier molecular flexibility index (Phi) is 4.61. The number of anilines is 1. The standard InChI is InChI=1S/C17H15BrF4N4O2/c18-10-5-13(11(19)4-9(10)17(20,21)22)25-16(28)26-7-1-2-14(26)8-6-23-15(27)24-12(8)3-7/h4-7,14-15,23,27H,1-3H2,(H,25,28)/t7-,14+,15?/m0/s1. The molecule has 1 unspecified atom stereocenters. The lowest BCUT2D eigenvalue weighted by Crippen LogP contribution is -2.51. The molecule has 2 bridgehead atoms.